The maximum Gasteiger partial charge on any atom is 0.278 e. The monoisotopic (exact) mass is 497 g/mol. The summed E-state index contributed by atoms with van der Waals surface area (Å²) in [6.45, 7) is -0.128. The highest BCUT2D eigenvalue weighted by Gasteiger charge is 2.16. The number of aromatic nitrogens is 8. The number of hydrogen-bond donors (Lipinski definition) is 1. The van der Waals surface area contributed by atoms with Crippen LogP contribution in [0.1, 0.15) is 17.1 Å². The smallest absolute Gasteiger partial charge is 0.278 e. The molecular formula is C22H18ClF2N9O. The lowest BCUT2D eigenvalue weighted by Gasteiger charge is -2.16. The first kappa shape index (κ1) is 22.6. The number of anilines is 2. The van der Waals surface area contributed by atoms with E-state index in [4.69, 9.17) is 11.6 Å². The molecule has 0 aliphatic carbocycles. The molecule has 0 bridgehead atoms. The van der Waals surface area contributed by atoms with Gasteiger partial charge < -0.3 is 9.88 Å². The van der Waals surface area contributed by atoms with Crippen LogP contribution in [0.5, 0.6) is 0 Å². The summed E-state index contributed by atoms with van der Waals surface area (Å²) >= 11 is 6.44. The van der Waals surface area contributed by atoms with Crippen LogP contribution in [0.4, 0.5) is 20.4 Å². The summed E-state index contributed by atoms with van der Waals surface area (Å²) in [6, 6.07) is 4.20. The average Bonchev–Trinajstić information content (AvgIpc) is 3.36. The molecule has 0 atom stereocenters. The van der Waals surface area contributed by atoms with Crippen LogP contribution < -0.4 is 10.9 Å². The quantitative estimate of drug-likeness (QED) is 0.384. The number of nitrogens with one attached hydrogen (secondary N) is 1. The van der Waals surface area contributed by atoms with Crippen molar-refractivity contribution in [3.05, 3.63) is 87.2 Å². The van der Waals surface area contributed by atoms with Gasteiger partial charge in [-0.3, -0.25) is 19.1 Å². The molecule has 178 valence electrons. The summed E-state index contributed by atoms with van der Waals surface area (Å²) in [5.74, 6) is -1.09. The second-order valence-electron chi connectivity index (χ2n) is 7.93. The SMILES string of the molecule is Cn1cnc(Cc2cn(Cc3ncc(F)cc3F)c(Nc3cc4cn(C)nc4cc3Cl)nc2=O)n1. The predicted octanol–water partition coefficient (Wildman–Crippen LogP) is 2.97. The van der Waals surface area contributed by atoms with Crippen molar-refractivity contribution in [3.8, 4) is 0 Å². The fourth-order valence-electron chi connectivity index (χ4n) is 3.62. The van der Waals surface area contributed by atoms with Crippen LogP contribution in [0.3, 0.4) is 0 Å². The molecule has 10 nitrogen and oxygen atoms in total. The maximum absolute atomic E-state index is 14.4. The molecule has 0 saturated carbocycles. The lowest BCUT2D eigenvalue weighted by molar-refractivity contribution is 0.549. The predicted molar refractivity (Wildman–Crippen MR) is 125 cm³/mol. The summed E-state index contributed by atoms with van der Waals surface area (Å²) in [5, 5.41) is 12.7. The third-order valence-electron chi connectivity index (χ3n) is 5.22. The standard InChI is InChI=1S/C22H18ClF2N9O/c1-32-8-12-3-18(15(23)6-17(12)30-32)28-22-29-21(35)13(4-20-27-11-33(2)31-20)9-34(22)10-19-16(25)5-14(24)7-26-19/h3,5-9,11H,4,10H2,1-2H3,(H,28,29,35). The molecule has 0 fully saturated rings. The Kier molecular flexibility index (Phi) is 5.73. The maximum atomic E-state index is 14.4. The van der Waals surface area contributed by atoms with E-state index in [1.165, 1.54) is 21.8 Å². The van der Waals surface area contributed by atoms with Crippen molar-refractivity contribution in [1.82, 2.24) is 39.1 Å². The number of pyridine rings is 1. The largest absolute Gasteiger partial charge is 0.324 e. The minimum atomic E-state index is -0.822. The Bertz CT molecular complexity index is 1630. The highest BCUT2D eigenvalue weighted by atomic mass is 35.5. The van der Waals surface area contributed by atoms with Crippen LogP contribution in [0.2, 0.25) is 5.02 Å². The number of benzene rings is 1. The van der Waals surface area contributed by atoms with Gasteiger partial charge in [0.15, 0.2) is 5.82 Å². The van der Waals surface area contributed by atoms with Crippen molar-refractivity contribution in [3.63, 3.8) is 0 Å². The Morgan fingerprint density at radius 3 is 2.63 bits per heavy atom. The Morgan fingerprint density at radius 1 is 1.06 bits per heavy atom. The van der Waals surface area contributed by atoms with E-state index < -0.39 is 17.2 Å². The first-order valence-electron chi connectivity index (χ1n) is 10.4. The fraction of sp³-hybridized carbons (Fsp3) is 0.182. The molecule has 0 saturated heterocycles. The summed E-state index contributed by atoms with van der Waals surface area (Å²) in [7, 11) is 3.51. The van der Waals surface area contributed by atoms with Crippen LogP contribution in [-0.2, 0) is 27.1 Å². The van der Waals surface area contributed by atoms with Crippen molar-refractivity contribution in [2.24, 2.45) is 14.1 Å². The van der Waals surface area contributed by atoms with E-state index in [2.05, 4.69) is 30.5 Å². The highest BCUT2D eigenvalue weighted by molar-refractivity contribution is 6.34. The molecule has 0 spiro atoms. The van der Waals surface area contributed by atoms with E-state index in [1.807, 2.05) is 6.20 Å². The van der Waals surface area contributed by atoms with E-state index in [0.29, 0.717) is 22.1 Å². The van der Waals surface area contributed by atoms with Gasteiger partial charge in [-0.25, -0.2) is 13.8 Å². The molecule has 35 heavy (non-hydrogen) atoms. The third kappa shape index (κ3) is 4.73. The minimum absolute atomic E-state index is 0.0318. The van der Waals surface area contributed by atoms with Gasteiger partial charge in [-0.1, -0.05) is 11.6 Å². The van der Waals surface area contributed by atoms with Crippen LogP contribution in [-0.4, -0.2) is 39.1 Å². The highest BCUT2D eigenvalue weighted by Crippen LogP contribution is 2.29. The van der Waals surface area contributed by atoms with E-state index in [9.17, 15) is 13.6 Å². The van der Waals surface area contributed by atoms with Gasteiger partial charge >= 0.3 is 0 Å². The van der Waals surface area contributed by atoms with E-state index in [1.54, 1.807) is 30.9 Å². The van der Waals surface area contributed by atoms with E-state index >= 15 is 0 Å². The molecule has 1 aromatic carbocycles. The average molecular weight is 498 g/mol. The normalized spacial score (nSPS) is 11.3. The zero-order valence-corrected chi connectivity index (χ0v) is 19.3. The molecule has 0 radical (unpaired) electrons. The molecule has 4 heterocycles. The van der Waals surface area contributed by atoms with Gasteiger partial charge in [0.1, 0.15) is 18.0 Å². The molecule has 5 aromatic rings. The number of nitrogens with zero attached hydrogens (tertiary/aromatic N) is 8. The van der Waals surface area contributed by atoms with Gasteiger partial charge in [-0.05, 0) is 12.1 Å². The zero-order chi connectivity index (χ0) is 24.7. The van der Waals surface area contributed by atoms with Crippen molar-refractivity contribution in [2.45, 2.75) is 13.0 Å². The first-order chi connectivity index (χ1) is 16.7. The van der Waals surface area contributed by atoms with Gasteiger partial charge in [-0.2, -0.15) is 15.2 Å². The second kappa shape index (κ2) is 8.87. The summed E-state index contributed by atoms with van der Waals surface area (Å²) in [4.78, 5) is 25.0. The number of hydrogen-bond acceptors (Lipinski definition) is 7. The van der Waals surface area contributed by atoms with E-state index in [0.717, 1.165) is 17.6 Å². The Morgan fingerprint density at radius 2 is 1.89 bits per heavy atom. The van der Waals surface area contributed by atoms with Crippen molar-refractivity contribution in [2.75, 3.05) is 5.32 Å². The van der Waals surface area contributed by atoms with Gasteiger partial charge in [0.25, 0.3) is 5.56 Å². The molecule has 0 aliphatic heterocycles. The summed E-state index contributed by atoms with van der Waals surface area (Å²) in [6.07, 6.45) is 5.90. The molecule has 0 unspecified atom stereocenters. The Labute approximate surface area is 201 Å². The van der Waals surface area contributed by atoms with Crippen molar-refractivity contribution < 1.29 is 8.78 Å². The summed E-state index contributed by atoms with van der Waals surface area (Å²) < 4.78 is 32.5. The molecular weight excluding hydrogens is 480 g/mol. The molecule has 5 rings (SSSR count). The van der Waals surface area contributed by atoms with Gasteiger partial charge in [-0.15, -0.1) is 0 Å². The van der Waals surface area contributed by atoms with Crippen LogP contribution >= 0.6 is 11.6 Å². The lowest BCUT2D eigenvalue weighted by atomic mass is 10.2. The second-order valence-corrected chi connectivity index (χ2v) is 8.34. The summed E-state index contributed by atoms with van der Waals surface area (Å²) in [5.41, 5.74) is 0.916. The zero-order valence-electron chi connectivity index (χ0n) is 18.6. The molecule has 0 aliphatic rings. The first-order valence-corrected chi connectivity index (χ1v) is 10.8. The van der Waals surface area contributed by atoms with Crippen molar-refractivity contribution in [1.29, 1.82) is 0 Å². The fourth-order valence-corrected chi connectivity index (χ4v) is 3.83. The number of rotatable bonds is 6. The van der Waals surface area contributed by atoms with Crippen LogP contribution in [0.25, 0.3) is 10.9 Å². The lowest BCUT2D eigenvalue weighted by Crippen LogP contribution is -2.22. The Hall–Kier alpha value is -4.19. The number of halogens is 3. The molecule has 13 heteroatoms. The topological polar surface area (TPSA) is 108 Å². The van der Waals surface area contributed by atoms with Crippen molar-refractivity contribution >= 4 is 34.1 Å². The van der Waals surface area contributed by atoms with Gasteiger partial charge in [0.05, 0.1) is 34.7 Å². The van der Waals surface area contributed by atoms with E-state index in [-0.39, 0.29) is 30.2 Å². The van der Waals surface area contributed by atoms with Crippen LogP contribution in [0.15, 0.2) is 47.9 Å². The number of aryl methyl sites for hydroxylation is 2. The molecule has 1 N–H and O–H groups in total. The minimum Gasteiger partial charge on any atom is -0.324 e. The van der Waals surface area contributed by atoms with Gasteiger partial charge in [0, 0.05) is 49.9 Å². The number of fused-ring (bicyclic) bond motifs is 1. The van der Waals surface area contributed by atoms with Gasteiger partial charge in [0.2, 0.25) is 5.95 Å². The third-order valence-corrected chi connectivity index (χ3v) is 5.53. The molecule has 4 aromatic heterocycles. The molecule has 0 amide bonds. The van der Waals surface area contributed by atoms with Crippen LogP contribution in [0, 0.1) is 11.6 Å². The Balaban J connectivity index is 1.57.